The highest BCUT2D eigenvalue weighted by atomic mass is 15.0. The average Bonchev–Trinajstić information content (AvgIpc) is 4.28. The molecule has 4 heteroatoms. The third-order valence-corrected chi connectivity index (χ3v) is 16.3. The normalized spacial score (nSPS) is 11.8. The zero-order chi connectivity index (χ0) is 52.7. The maximum absolute atomic E-state index is 2.50. The van der Waals surface area contributed by atoms with E-state index in [1.54, 1.807) is 0 Å². The molecule has 4 nitrogen and oxygen atoms in total. The Morgan fingerprint density at radius 1 is 0.163 bits per heavy atom. The molecule has 0 aliphatic heterocycles. The van der Waals surface area contributed by atoms with Crippen LogP contribution in [-0.2, 0) is 0 Å². The number of para-hydroxylation sites is 4. The Kier molecular flexibility index (Phi) is 10.5. The summed E-state index contributed by atoms with van der Waals surface area (Å²) in [5.41, 5.74) is 23.2. The van der Waals surface area contributed by atoms with Gasteiger partial charge in [0.2, 0.25) is 0 Å². The summed E-state index contributed by atoms with van der Waals surface area (Å²) in [6.45, 7) is 0. The van der Waals surface area contributed by atoms with Crippen molar-refractivity contribution >= 4 is 65.4 Å². The van der Waals surface area contributed by atoms with E-state index in [-0.39, 0.29) is 0 Å². The predicted molar refractivity (Wildman–Crippen MR) is 336 cm³/mol. The highest BCUT2D eigenvalue weighted by molar-refractivity contribution is 6.14. The van der Waals surface area contributed by atoms with Gasteiger partial charge < -0.3 is 18.3 Å². The van der Waals surface area contributed by atoms with E-state index >= 15 is 0 Å². The molecule has 0 spiro atoms. The first-order chi connectivity index (χ1) is 39.7. The van der Waals surface area contributed by atoms with Gasteiger partial charge in [-0.25, -0.2) is 0 Å². The molecule has 0 saturated heterocycles. The minimum absolute atomic E-state index is 1.11. The summed E-state index contributed by atoms with van der Waals surface area (Å²) < 4.78 is 9.79. The fourth-order valence-electron chi connectivity index (χ4n) is 12.9. The van der Waals surface area contributed by atoms with Crippen molar-refractivity contribution in [3.05, 3.63) is 303 Å². The summed E-state index contributed by atoms with van der Waals surface area (Å²) >= 11 is 0. The fourth-order valence-corrected chi connectivity index (χ4v) is 12.9. The van der Waals surface area contributed by atoms with Crippen molar-refractivity contribution in [2.24, 2.45) is 0 Å². The van der Waals surface area contributed by atoms with Gasteiger partial charge in [0.1, 0.15) is 0 Å². The van der Waals surface area contributed by atoms with Gasteiger partial charge in [-0.1, -0.05) is 206 Å². The Morgan fingerprint density at radius 2 is 0.463 bits per heavy atom. The minimum Gasteiger partial charge on any atom is -0.309 e. The SMILES string of the molecule is c1ccc(-c2c(-c3ccccc3)n(-c3ccc4c(c3)c3ccccc3n4-c3ccccc3)c3ccc(-c4ccc5c(c4)c(-c4ccccc4)c(-c4ccccc4)n5-c4ccc5c(c4)c4ccccc4n5-c4ccccc4)cc23)cc1. The molecule has 16 aromatic rings. The summed E-state index contributed by atoms with van der Waals surface area (Å²) in [7, 11) is 0. The van der Waals surface area contributed by atoms with Crippen LogP contribution in [-0.4, -0.2) is 18.3 Å². The molecule has 0 bridgehead atoms. The lowest BCUT2D eigenvalue weighted by atomic mass is 9.94. The molecule has 374 valence electrons. The van der Waals surface area contributed by atoms with Crippen LogP contribution < -0.4 is 0 Å². The highest BCUT2D eigenvalue weighted by Gasteiger charge is 2.26. The number of fused-ring (bicyclic) bond motifs is 8. The molecule has 0 unspecified atom stereocenters. The van der Waals surface area contributed by atoms with Crippen LogP contribution in [0.5, 0.6) is 0 Å². The summed E-state index contributed by atoms with van der Waals surface area (Å²) in [5, 5.41) is 7.25. The first-order valence-corrected chi connectivity index (χ1v) is 27.5. The van der Waals surface area contributed by atoms with Crippen molar-refractivity contribution < 1.29 is 0 Å². The maximum Gasteiger partial charge on any atom is 0.0619 e. The van der Waals surface area contributed by atoms with Gasteiger partial charge in [-0.05, 0) is 130 Å². The van der Waals surface area contributed by atoms with Gasteiger partial charge in [0.05, 0.1) is 44.5 Å². The molecule has 0 atom stereocenters. The van der Waals surface area contributed by atoms with E-state index in [1.165, 1.54) is 76.6 Å². The number of aromatic nitrogens is 4. The van der Waals surface area contributed by atoms with E-state index in [9.17, 15) is 0 Å². The fraction of sp³-hybridized carbons (Fsp3) is 0. The van der Waals surface area contributed by atoms with Crippen molar-refractivity contribution in [3.63, 3.8) is 0 Å². The second-order valence-electron chi connectivity index (χ2n) is 20.8. The summed E-state index contributed by atoms with van der Waals surface area (Å²) in [6.07, 6.45) is 0. The molecule has 80 heavy (non-hydrogen) atoms. The Bertz CT molecular complexity index is 4690. The van der Waals surface area contributed by atoms with Gasteiger partial charge in [0, 0.05) is 66.2 Å². The van der Waals surface area contributed by atoms with Crippen molar-refractivity contribution in [1.29, 1.82) is 0 Å². The zero-order valence-corrected chi connectivity index (χ0v) is 43.7. The van der Waals surface area contributed by atoms with E-state index < -0.39 is 0 Å². The van der Waals surface area contributed by atoms with E-state index in [0.29, 0.717) is 0 Å². The van der Waals surface area contributed by atoms with Gasteiger partial charge in [0.15, 0.2) is 0 Å². The minimum atomic E-state index is 1.11. The van der Waals surface area contributed by atoms with E-state index in [4.69, 9.17) is 0 Å². The van der Waals surface area contributed by atoms with E-state index in [1.807, 2.05) is 0 Å². The number of rotatable bonds is 9. The molecule has 4 aromatic heterocycles. The summed E-state index contributed by atoms with van der Waals surface area (Å²) in [6, 6.07) is 111. The van der Waals surface area contributed by atoms with Crippen molar-refractivity contribution in [1.82, 2.24) is 18.3 Å². The number of hydrogen-bond acceptors (Lipinski definition) is 0. The lowest BCUT2D eigenvalue weighted by Gasteiger charge is -2.14. The lowest BCUT2D eigenvalue weighted by molar-refractivity contribution is 1.13. The Hall–Kier alpha value is -10.7. The largest absolute Gasteiger partial charge is 0.309 e. The number of nitrogens with zero attached hydrogens (tertiary/aromatic N) is 4. The monoisotopic (exact) mass is 1020 g/mol. The zero-order valence-electron chi connectivity index (χ0n) is 43.7. The predicted octanol–water partition coefficient (Wildman–Crippen LogP) is 20.1. The van der Waals surface area contributed by atoms with Crippen LogP contribution >= 0.6 is 0 Å². The smallest absolute Gasteiger partial charge is 0.0619 e. The molecule has 12 aromatic carbocycles. The van der Waals surface area contributed by atoms with E-state index in [0.717, 1.165) is 67.4 Å². The van der Waals surface area contributed by atoms with Crippen LogP contribution in [0.3, 0.4) is 0 Å². The van der Waals surface area contributed by atoms with Gasteiger partial charge in [-0.15, -0.1) is 0 Å². The van der Waals surface area contributed by atoms with Crippen LogP contribution in [0.25, 0.3) is 144 Å². The molecular weight excluding hydrogens is 969 g/mol. The quantitative estimate of drug-likeness (QED) is 0.137. The van der Waals surface area contributed by atoms with Crippen LogP contribution in [0, 0.1) is 0 Å². The second-order valence-corrected chi connectivity index (χ2v) is 20.8. The first kappa shape index (κ1) is 45.5. The molecule has 0 saturated carbocycles. The lowest BCUT2D eigenvalue weighted by Crippen LogP contribution is -1.98. The topological polar surface area (TPSA) is 19.7 Å². The van der Waals surface area contributed by atoms with Crippen molar-refractivity contribution in [3.8, 4) is 78.6 Å². The Balaban J connectivity index is 0.941. The first-order valence-electron chi connectivity index (χ1n) is 27.5. The van der Waals surface area contributed by atoms with Gasteiger partial charge in [0.25, 0.3) is 0 Å². The molecule has 16 rings (SSSR count). The molecule has 0 radical (unpaired) electrons. The molecule has 0 fully saturated rings. The van der Waals surface area contributed by atoms with Crippen molar-refractivity contribution in [2.75, 3.05) is 0 Å². The second kappa shape index (κ2) is 18.5. The van der Waals surface area contributed by atoms with Gasteiger partial charge in [-0.2, -0.15) is 0 Å². The van der Waals surface area contributed by atoms with Crippen molar-refractivity contribution in [2.45, 2.75) is 0 Å². The van der Waals surface area contributed by atoms with Crippen LogP contribution in [0.4, 0.5) is 0 Å². The third kappa shape index (κ3) is 7.16. The summed E-state index contributed by atoms with van der Waals surface area (Å²) in [4.78, 5) is 0. The number of benzene rings is 12. The summed E-state index contributed by atoms with van der Waals surface area (Å²) in [5.74, 6) is 0. The average molecular weight is 1020 g/mol. The van der Waals surface area contributed by atoms with Gasteiger partial charge in [-0.3, -0.25) is 0 Å². The molecule has 0 amide bonds. The Labute approximate surface area is 463 Å². The van der Waals surface area contributed by atoms with Gasteiger partial charge >= 0.3 is 0 Å². The standard InChI is InChI=1S/C76H50N4/c1-7-23-51(24-8-1)73-65-47-55(39-43-71(65)79(75(73)53-27-11-3-12-28-53)59-41-45-69-63(49-59)61-35-19-21-37-67(61)77(69)57-31-15-5-16-32-57)56-40-44-72-66(48-56)74(52-25-9-2-10-26-52)76(54-29-13-4-14-30-54)80(72)60-42-46-70-64(50-60)62-36-20-22-38-68(62)78(70)58-33-17-6-18-34-58/h1-50H. The van der Waals surface area contributed by atoms with Crippen LogP contribution in [0.1, 0.15) is 0 Å². The van der Waals surface area contributed by atoms with Crippen LogP contribution in [0.2, 0.25) is 0 Å². The molecule has 0 aliphatic rings. The third-order valence-electron chi connectivity index (χ3n) is 16.3. The van der Waals surface area contributed by atoms with Crippen LogP contribution in [0.15, 0.2) is 303 Å². The molecule has 4 heterocycles. The van der Waals surface area contributed by atoms with E-state index in [2.05, 4.69) is 322 Å². The molecular formula is C76H50N4. The maximum atomic E-state index is 2.50. The molecule has 0 N–H and O–H groups in total. The highest BCUT2D eigenvalue weighted by Crippen LogP contribution is 2.48. The number of hydrogen-bond donors (Lipinski definition) is 0. The Morgan fingerprint density at radius 3 is 0.850 bits per heavy atom. The molecule has 0 aliphatic carbocycles.